The number of benzene rings is 1. The standard InChI is InChI=1S/C12H15FO3/c1-9(2)15-6-7-16-12-10(8-14)4-3-5-11(12)13/h3-5,8-9H,6-7H2,1-2H3. The molecule has 4 heteroatoms. The molecular weight excluding hydrogens is 211 g/mol. The lowest BCUT2D eigenvalue weighted by atomic mass is 10.2. The lowest BCUT2D eigenvalue weighted by Gasteiger charge is -2.11. The minimum absolute atomic E-state index is 0.00939. The van der Waals surface area contributed by atoms with E-state index < -0.39 is 5.82 Å². The Morgan fingerprint density at radius 2 is 2.12 bits per heavy atom. The molecule has 0 aliphatic carbocycles. The largest absolute Gasteiger partial charge is 0.487 e. The van der Waals surface area contributed by atoms with Crippen LogP contribution in [0.1, 0.15) is 24.2 Å². The second kappa shape index (κ2) is 6.23. The molecule has 1 rings (SSSR count). The molecule has 88 valence electrons. The Bertz CT molecular complexity index is 350. The van der Waals surface area contributed by atoms with Gasteiger partial charge in [0.25, 0.3) is 0 Å². The summed E-state index contributed by atoms with van der Waals surface area (Å²) in [6.07, 6.45) is 0.677. The van der Waals surface area contributed by atoms with Crippen LogP contribution < -0.4 is 4.74 Å². The van der Waals surface area contributed by atoms with E-state index in [-0.39, 0.29) is 24.0 Å². The molecule has 0 aliphatic rings. The minimum Gasteiger partial charge on any atom is -0.487 e. The van der Waals surface area contributed by atoms with Gasteiger partial charge in [-0.05, 0) is 26.0 Å². The molecule has 0 N–H and O–H groups in total. The summed E-state index contributed by atoms with van der Waals surface area (Å²) >= 11 is 0. The third-order valence-corrected chi connectivity index (χ3v) is 1.91. The Labute approximate surface area is 94.2 Å². The minimum atomic E-state index is -0.533. The average Bonchev–Trinajstić information content (AvgIpc) is 2.25. The molecule has 1 aromatic rings. The molecular formula is C12H15FO3. The number of rotatable bonds is 6. The van der Waals surface area contributed by atoms with Crippen LogP contribution in [0.3, 0.4) is 0 Å². The Kier molecular flexibility index (Phi) is 4.92. The van der Waals surface area contributed by atoms with Crippen LogP contribution in [0.25, 0.3) is 0 Å². The predicted octanol–water partition coefficient (Wildman–Crippen LogP) is 2.44. The van der Waals surface area contributed by atoms with Crippen LogP contribution in [0.2, 0.25) is 0 Å². The predicted molar refractivity (Wildman–Crippen MR) is 58.4 cm³/mol. The van der Waals surface area contributed by atoms with Gasteiger partial charge in [-0.25, -0.2) is 4.39 Å². The lowest BCUT2D eigenvalue weighted by molar-refractivity contribution is 0.0541. The summed E-state index contributed by atoms with van der Waals surface area (Å²) in [6.45, 7) is 4.39. The molecule has 0 atom stereocenters. The molecule has 0 fully saturated rings. The molecule has 0 bridgehead atoms. The Balaban J connectivity index is 2.55. The normalized spacial score (nSPS) is 10.5. The third-order valence-electron chi connectivity index (χ3n) is 1.91. The fourth-order valence-corrected chi connectivity index (χ4v) is 1.20. The topological polar surface area (TPSA) is 35.5 Å². The summed E-state index contributed by atoms with van der Waals surface area (Å²) in [5, 5.41) is 0. The fraction of sp³-hybridized carbons (Fsp3) is 0.417. The average molecular weight is 226 g/mol. The summed E-state index contributed by atoms with van der Waals surface area (Å²) in [4.78, 5) is 10.6. The lowest BCUT2D eigenvalue weighted by Crippen LogP contribution is -2.12. The molecule has 0 aromatic heterocycles. The van der Waals surface area contributed by atoms with Crippen LogP contribution in [0.5, 0.6) is 5.75 Å². The molecule has 0 saturated carbocycles. The molecule has 16 heavy (non-hydrogen) atoms. The van der Waals surface area contributed by atoms with Crippen LogP contribution in [-0.4, -0.2) is 25.6 Å². The van der Waals surface area contributed by atoms with E-state index in [0.717, 1.165) is 0 Å². The van der Waals surface area contributed by atoms with E-state index in [4.69, 9.17) is 9.47 Å². The molecule has 3 nitrogen and oxygen atoms in total. The number of para-hydroxylation sites is 1. The van der Waals surface area contributed by atoms with E-state index in [2.05, 4.69) is 0 Å². The first kappa shape index (κ1) is 12.6. The maximum absolute atomic E-state index is 13.3. The van der Waals surface area contributed by atoms with E-state index >= 15 is 0 Å². The van der Waals surface area contributed by atoms with Gasteiger partial charge in [-0.1, -0.05) is 6.07 Å². The number of carbonyl (C=O) groups is 1. The van der Waals surface area contributed by atoms with Gasteiger partial charge in [-0.15, -0.1) is 0 Å². The zero-order chi connectivity index (χ0) is 12.0. The molecule has 0 unspecified atom stereocenters. The summed E-state index contributed by atoms with van der Waals surface area (Å²) in [6, 6.07) is 4.23. The van der Waals surface area contributed by atoms with Crippen LogP contribution in [0, 0.1) is 5.82 Å². The number of hydrogen-bond donors (Lipinski definition) is 0. The SMILES string of the molecule is CC(C)OCCOc1c(F)cccc1C=O. The second-order valence-electron chi connectivity index (χ2n) is 3.54. The van der Waals surface area contributed by atoms with Gasteiger partial charge in [0.2, 0.25) is 0 Å². The van der Waals surface area contributed by atoms with Gasteiger partial charge >= 0.3 is 0 Å². The van der Waals surface area contributed by atoms with Crippen molar-refractivity contribution in [1.29, 1.82) is 0 Å². The van der Waals surface area contributed by atoms with E-state index in [9.17, 15) is 9.18 Å². The molecule has 0 spiro atoms. The molecule has 0 aliphatic heterocycles. The molecule has 0 radical (unpaired) electrons. The molecule has 0 amide bonds. The van der Waals surface area contributed by atoms with E-state index in [1.54, 1.807) is 0 Å². The van der Waals surface area contributed by atoms with Crippen molar-refractivity contribution in [2.45, 2.75) is 20.0 Å². The van der Waals surface area contributed by atoms with Crippen molar-refractivity contribution in [3.8, 4) is 5.75 Å². The maximum Gasteiger partial charge on any atom is 0.165 e. The Hall–Kier alpha value is -1.42. The quantitative estimate of drug-likeness (QED) is 0.552. The van der Waals surface area contributed by atoms with Gasteiger partial charge < -0.3 is 9.47 Å². The molecule has 0 saturated heterocycles. The smallest absolute Gasteiger partial charge is 0.165 e. The monoisotopic (exact) mass is 226 g/mol. The highest BCUT2D eigenvalue weighted by atomic mass is 19.1. The Morgan fingerprint density at radius 3 is 2.75 bits per heavy atom. The van der Waals surface area contributed by atoms with Gasteiger partial charge in [0.15, 0.2) is 17.9 Å². The maximum atomic E-state index is 13.3. The first-order valence-electron chi connectivity index (χ1n) is 5.13. The van der Waals surface area contributed by atoms with Crippen LogP contribution in [0.15, 0.2) is 18.2 Å². The summed E-state index contributed by atoms with van der Waals surface area (Å²) in [5.74, 6) is -0.543. The van der Waals surface area contributed by atoms with Crippen LogP contribution >= 0.6 is 0 Å². The summed E-state index contributed by atoms with van der Waals surface area (Å²) in [7, 11) is 0. The number of hydrogen-bond acceptors (Lipinski definition) is 3. The van der Waals surface area contributed by atoms with Crippen molar-refractivity contribution >= 4 is 6.29 Å². The van der Waals surface area contributed by atoms with Gasteiger partial charge in [0.1, 0.15) is 6.61 Å². The van der Waals surface area contributed by atoms with E-state index in [1.807, 2.05) is 13.8 Å². The summed E-state index contributed by atoms with van der Waals surface area (Å²) in [5.41, 5.74) is 0.213. The number of carbonyl (C=O) groups excluding carboxylic acids is 1. The number of ether oxygens (including phenoxy) is 2. The number of aldehydes is 1. The van der Waals surface area contributed by atoms with Crippen molar-refractivity contribution in [2.75, 3.05) is 13.2 Å². The number of halogens is 1. The zero-order valence-corrected chi connectivity index (χ0v) is 9.40. The first-order valence-corrected chi connectivity index (χ1v) is 5.13. The Morgan fingerprint density at radius 1 is 1.38 bits per heavy atom. The van der Waals surface area contributed by atoms with Gasteiger partial charge in [0.05, 0.1) is 18.3 Å². The van der Waals surface area contributed by atoms with Crippen molar-refractivity contribution in [3.05, 3.63) is 29.6 Å². The van der Waals surface area contributed by atoms with Gasteiger partial charge in [0, 0.05) is 0 Å². The highest BCUT2D eigenvalue weighted by Gasteiger charge is 2.08. The molecule has 0 heterocycles. The van der Waals surface area contributed by atoms with Crippen molar-refractivity contribution in [1.82, 2.24) is 0 Å². The third kappa shape index (κ3) is 3.62. The van der Waals surface area contributed by atoms with E-state index in [1.165, 1.54) is 18.2 Å². The highest BCUT2D eigenvalue weighted by Crippen LogP contribution is 2.20. The first-order chi connectivity index (χ1) is 7.65. The fourth-order valence-electron chi connectivity index (χ4n) is 1.20. The summed E-state index contributed by atoms with van der Waals surface area (Å²) < 4.78 is 23.7. The van der Waals surface area contributed by atoms with Crippen molar-refractivity contribution < 1.29 is 18.7 Å². The zero-order valence-electron chi connectivity index (χ0n) is 9.40. The van der Waals surface area contributed by atoms with Crippen molar-refractivity contribution in [2.24, 2.45) is 0 Å². The van der Waals surface area contributed by atoms with Crippen LogP contribution in [-0.2, 0) is 4.74 Å². The van der Waals surface area contributed by atoms with Crippen molar-refractivity contribution in [3.63, 3.8) is 0 Å². The van der Waals surface area contributed by atoms with Gasteiger partial charge in [-0.2, -0.15) is 0 Å². The van der Waals surface area contributed by atoms with E-state index in [0.29, 0.717) is 12.9 Å². The second-order valence-corrected chi connectivity index (χ2v) is 3.54. The van der Waals surface area contributed by atoms with Crippen LogP contribution in [0.4, 0.5) is 4.39 Å². The molecule has 1 aromatic carbocycles. The highest BCUT2D eigenvalue weighted by molar-refractivity contribution is 5.79. The van der Waals surface area contributed by atoms with Gasteiger partial charge in [-0.3, -0.25) is 4.79 Å².